The maximum absolute atomic E-state index is 12.3. The van der Waals surface area contributed by atoms with Crippen molar-refractivity contribution in [3.8, 4) is 0 Å². The Bertz CT molecular complexity index is 771. The third-order valence-electron chi connectivity index (χ3n) is 3.56. The van der Waals surface area contributed by atoms with Gasteiger partial charge >= 0.3 is 12.1 Å². The van der Waals surface area contributed by atoms with E-state index in [0.717, 1.165) is 5.56 Å². The average Bonchev–Trinajstić information content (AvgIpc) is 2.59. The molecule has 0 spiro atoms. The van der Waals surface area contributed by atoms with Crippen LogP contribution in [0.5, 0.6) is 0 Å². The number of halogens is 1. The molecule has 2 aromatic rings. The Labute approximate surface area is 164 Å². The van der Waals surface area contributed by atoms with Crippen LogP contribution in [0.1, 0.15) is 44.4 Å². The Morgan fingerprint density at radius 3 is 2.41 bits per heavy atom. The van der Waals surface area contributed by atoms with E-state index in [1.807, 2.05) is 30.3 Å². The van der Waals surface area contributed by atoms with E-state index in [-0.39, 0.29) is 13.0 Å². The molecule has 5 nitrogen and oxygen atoms in total. The smallest absolute Gasteiger partial charge is 0.408 e. The highest BCUT2D eigenvalue weighted by Gasteiger charge is 2.23. The van der Waals surface area contributed by atoms with Gasteiger partial charge in [-0.15, -0.1) is 0 Å². The molecule has 0 heterocycles. The summed E-state index contributed by atoms with van der Waals surface area (Å²) in [5, 5.41) is 3.24. The van der Waals surface area contributed by atoms with E-state index in [9.17, 15) is 9.59 Å². The second-order valence-corrected chi connectivity index (χ2v) is 7.54. The average molecular weight is 390 g/mol. The fraction of sp³-hybridized carbons (Fsp3) is 0.333. The van der Waals surface area contributed by atoms with Crippen molar-refractivity contribution in [1.82, 2.24) is 5.32 Å². The molecule has 0 saturated heterocycles. The summed E-state index contributed by atoms with van der Waals surface area (Å²) in [6.07, 6.45) is -0.643. The minimum Gasteiger partial charge on any atom is -0.461 e. The molecular formula is C21H24ClNO4. The van der Waals surface area contributed by atoms with Crippen molar-refractivity contribution < 1.29 is 19.1 Å². The summed E-state index contributed by atoms with van der Waals surface area (Å²) in [6, 6.07) is 15.8. The standard InChI is InChI=1S/C21H24ClNO4/c1-21(2,3)27-20(25)23-18(16-10-7-11-17(22)12-16)13-19(24)26-14-15-8-5-4-6-9-15/h4-12,18H,13-14H2,1-3H3,(H,23,25)/t18-/m1/s1. The number of amides is 1. The second-order valence-electron chi connectivity index (χ2n) is 7.10. The normalized spacial score (nSPS) is 12.1. The van der Waals surface area contributed by atoms with Gasteiger partial charge in [-0.2, -0.15) is 0 Å². The Morgan fingerprint density at radius 2 is 1.78 bits per heavy atom. The molecule has 0 radical (unpaired) electrons. The number of carbonyl (C=O) groups is 2. The summed E-state index contributed by atoms with van der Waals surface area (Å²) in [5.41, 5.74) is 0.951. The number of nitrogens with one attached hydrogen (secondary N) is 1. The summed E-state index contributed by atoms with van der Waals surface area (Å²) in [4.78, 5) is 24.5. The minimum atomic E-state index is -0.642. The molecule has 2 rings (SSSR count). The van der Waals surface area contributed by atoms with E-state index in [4.69, 9.17) is 21.1 Å². The van der Waals surface area contributed by atoms with Crippen LogP contribution in [0.25, 0.3) is 0 Å². The van der Waals surface area contributed by atoms with Gasteiger partial charge in [-0.05, 0) is 44.0 Å². The maximum Gasteiger partial charge on any atom is 0.408 e. The molecular weight excluding hydrogens is 366 g/mol. The predicted octanol–water partition coefficient (Wildman–Crippen LogP) is 5.04. The molecule has 0 saturated carbocycles. The van der Waals surface area contributed by atoms with E-state index in [1.54, 1.807) is 45.0 Å². The van der Waals surface area contributed by atoms with Crippen LogP contribution in [0.3, 0.4) is 0 Å². The van der Waals surface area contributed by atoms with Gasteiger partial charge in [0, 0.05) is 5.02 Å². The molecule has 0 unspecified atom stereocenters. The molecule has 1 N–H and O–H groups in total. The lowest BCUT2D eigenvalue weighted by molar-refractivity contribution is -0.145. The zero-order chi connectivity index (χ0) is 19.9. The minimum absolute atomic E-state index is 0.0353. The van der Waals surface area contributed by atoms with Gasteiger partial charge in [0.15, 0.2) is 0 Å². The van der Waals surface area contributed by atoms with Crippen molar-refractivity contribution in [2.24, 2.45) is 0 Å². The summed E-state index contributed by atoms with van der Waals surface area (Å²) in [7, 11) is 0. The molecule has 27 heavy (non-hydrogen) atoms. The highest BCUT2D eigenvalue weighted by Crippen LogP contribution is 2.22. The van der Waals surface area contributed by atoms with E-state index in [0.29, 0.717) is 10.6 Å². The summed E-state index contributed by atoms with van der Waals surface area (Å²) in [5.74, 6) is -0.431. The van der Waals surface area contributed by atoms with Crippen molar-refractivity contribution in [3.05, 3.63) is 70.7 Å². The van der Waals surface area contributed by atoms with Gasteiger partial charge in [0.05, 0.1) is 12.5 Å². The monoisotopic (exact) mass is 389 g/mol. The maximum atomic E-state index is 12.3. The Balaban J connectivity index is 2.05. The van der Waals surface area contributed by atoms with Crippen molar-refractivity contribution >= 4 is 23.7 Å². The molecule has 0 aromatic heterocycles. The van der Waals surface area contributed by atoms with Gasteiger partial charge in [-0.3, -0.25) is 4.79 Å². The van der Waals surface area contributed by atoms with Crippen LogP contribution in [0.15, 0.2) is 54.6 Å². The zero-order valence-electron chi connectivity index (χ0n) is 15.7. The second kappa shape index (κ2) is 9.42. The zero-order valence-corrected chi connectivity index (χ0v) is 16.5. The number of benzene rings is 2. The molecule has 6 heteroatoms. The van der Waals surface area contributed by atoms with Crippen molar-refractivity contribution in [2.75, 3.05) is 0 Å². The molecule has 0 aliphatic rings. The molecule has 1 amide bonds. The number of carbonyl (C=O) groups excluding carboxylic acids is 2. The highest BCUT2D eigenvalue weighted by atomic mass is 35.5. The third kappa shape index (κ3) is 7.71. The first-order valence-electron chi connectivity index (χ1n) is 8.67. The fourth-order valence-electron chi connectivity index (χ4n) is 2.39. The number of rotatable bonds is 6. The van der Waals surface area contributed by atoms with E-state index in [1.165, 1.54) is 0 Å². The first-order valence-corrected chi connectivity index (χ1v) is 9.05. The lowest BCUT2D eigenvalue weighted by Gasteiger charge is -2.23. The van der Waals surface area contributed by atoms with Crippen LogP contribution in [-0.2, 0) is 20.9 Å². The van der Waals surface area contributed by atoms with Crippen molar-refractivity contribution in [1.29, 1.82) is 0 Å². The largest absolute Gasteiger partial charge is 0.461 e. The molecule has 144 valence electrons. The van der Waals surface area contributed by atoms with Crippen LogP contribution in [-0.4, -0.2) is 17.7 Å². The van der Waals surface area contributed by atoms with Gasteiger partial charge in [-0.25, -0.2) is 4.79 Å². The topological polar surface area (TPSA) is 64.6 Å². The Morgan fingerprint density at radius 1 is 1.07 bits per heavy atom. The first kappa shape index (κ1) is 20.8. The lowest BCUT2D eigenvalue weighted by Crippen LogP contribution is -2.36. The summed E-state index contributed by atoms with van der Waals surface area (Å²) in [6.45, 7) is 5.49. The summed E-state index contributed by atoms with van der Waals surface area (Å²) >= 11 is 6.05. The van der Waals surface area contributed by atoms with Gasteiger partial charge in [0.2, 0.25) is 0 Å². The number of esters is 1. The van der Waals surface area contributed by atoms with E-state index < -0.39 is 23.7 Å². The molecule has 0 aliphatic heterocycles. The Kier molecular flexibility index (Phi) is 7.25. The molecule has 0 fully saturated rings. The number of ether oxygens (including phenoxy) is 2. The van der Waals surface area contributed by atoms with Gasteiger partial charge in [0.25, 0.3) is 0 Å². The van der Waals surface area contributed by atoms with Gasteiger partial charge in [-0.1, -0.05) is 54.1 Å². The molecule has 0 aliphatic carbocycles. The fourth-order valence-corrected chi connectivity index (χ4v) is 2.59. The van der Waals surface area contributed by atoms with Crippen molar-refractivity contribution in [2.45, 2.75) is 45.4 Å². The third-order valence-corrected chi connectivity index (χ3v) is 3.79. The lowest BCUT2D eigenvalue weighted by atomic mass is 10.0. The van der Waals surface area contributed by atoms with E-state index in [2.05, 4.69) is 5.32 Å². The van der Waals surface area contributed by atoms with Crippen LogP contribution >= 0.6 is 11.6 Å². The number of hydrogen-bond acceptors (Lipinski definition) is 4. The van der Waals surface area contributed by atoms with Crippen LogP contribution < -0.4 is 5.32 Å². The summed E-state index contributed by atoms with van der Waals surface area (Å²) < 4.78 is 10.6. The first-order chi connectivity index (χ1) is 12.7. The van der Waals surface area contributed by atoms with Crippen LogP contribution in [0.4, 0.5) is 4.79 Å². The van der Waals surface area contributed by atoms with Crippen LogP contribution in [0, 0.1) is 0 Å². The van der Waals surface area contributed by atoms with E-state index >= 15 is 0 Å². The van der Waals surface area contributed by atoms with Gasteiger partial charge in [0.1, 0.15) is 12.2 Å². The van der Waals surface area contributed by atoms with Gasteiger partial charge < -0.3 is 14.8 Å². The van der Waals surface area contributed by atoms with Crippen molar-refractivity contribution in [3.63, 3.8) is 0 Å². The quantitative estimate of drug-likeness (QED) is 0.703. The number of alkyl carbamates (subject to hydrolysis) is 1. The SMILES string of the molecule is CC(C)(C)OC(=O)N[C@H](CC(=O)OCc1ccccc1)c1cccc(Cl)c1. The Hall–Kier alpha value is -2.53. The highest BCUT2D eigenvalue weighted by molar-refractivity contribution is 6.30. The predicted molar refractivity (Wildman–Crippen MR) is 104 cm³/mol. The number of hydrogen-bond donors (Lipinski definition) is 1. The molecule has 0 bridgehead atoms. The molecule has 1 atom stereocenters. The molecule has 2 aromatic carbocycles. The van der Waals surface area contributed by atoms with Crippen LogP contribution in [0.2, 0.25) is 5.02 Å².